The third-order valence-electron chi connectivity index (χ3n) is 1.98. The van der Waals surface area contributed by atoms with Crippen LogP contribution < -0.4 is 5.32 Å². The van der Waals surface area contributed by atoms with E-state index in [1.807, 2.05) is 6.92 Å². The average molecular weight is 221 g/mol. The second-order valence-corrected chi connectivity index (χ2v) is 3.11. The lowest BCUT2D eigenvalue weighted by atomic mass is 10.2. The van der Waals surface area contributed by atoms with Gasteiger partial charge in [-0.1, -0.05) is 12.8 Å². The van der Waals surface area contributed by atoms with Crippen LogP contribution in [0, 0.1) is 12.3 Å². The monoisotopic (exact) mass is 221 g/mol. The maximum atomic E-state index is 11.5. The van der Waals surface area contributed by atoms with E-state index in [1.165, 1.54) is 0 Å². The Morgan fingerprint density at radius 1 is 1.69 bits per heavy atom. The summed E-state index contributed by atoms with van der Waals surface area (Å²) in [6, 6.07) is 0.770. The van der Waals surface area contributed by atoms with Crippen molar-refractivity contribution >= 4 is 11.9 Å². The van der Waals surface area contributed by atoms with E-state index in [4.69, 9.17) is 15.9 Å². The van der Waals surface area contributed by atoms with Crippen LogP contribution in [0.1, 0.15) is 34.3 Å². The van der Waals surface area contributed by atoms with Crippen LogP contribution in [0.3, 0.4) is 0 Å². The highest BCUT2D eigenvalue weighted by Crippen LogP contribution is 2.08. The van der Waals surface area contributed by atoms with Gasteiger partial charge in [-0.25, -0.2) is 4.79 Å². The summed E-state index contributed by atoms with van der Waals surface area (Å²) in [6.45, 7) is 1.83. The normalized spacial score (nSPS) is 11.5. The van der Waals surface area contributed by atoms with Gasteiger partial charge in [0.2, 0.25) is 0 Å². The smallest absolute Gasteiger partial charge is 0.338 e. The Bertz CT molecular complexity index is 441. The van der Waals surface area contributed by atoms with Crippen molar-refractivity contribution < 1.29 is 19.1 Å². The van der Waals surface area contributed by atoms with Gasteiger partial charge in [-0.15, -0.1) is 6.42 Å². The highest BCUT2D eigenvalue weighted by molar-refractivity contribution is 5.95. The minimum absolute atomic E-state index is 0.0638. The van der Waals surface area contributed by atoms with Crippen molar-refractivity contribution in [2.75, 3.05) is 0 Å². The maximum absolute atomic E-state index is 11.5. The van der Waals surface area contributed by atoms with E-state index in [0.717, 1.165) is 12.3 Å². The van der Waals surface area contributed by atoms with Crippen LogP contribution in [0.15, 0.2) is 16.7 Å². The van der Waals surface area contributed by atoms with Gasteiger partial charge in [0.15, 0.2) is 5.76 Å². The molecule has 0 aliphatic rings. The Morgan fingerprint density at radius 3 is 2.81 bits per heavy atom. The number of aromatic carboxylic acids is 1. The van der Waals surface area contributed by atoms with Gasteiger partial charge in [0.1, 0.15) is 6.26 Å². The van der Waals surface area contributed by atoms with Gasteiger partial charge in [-0.2, -0.15) is 0 Å². The molecule has 1 aromatic rings. The number of hydrogen-bond acceptors (Lipinski definition) is 3. The molecule has 0 radical (unpaired) electrons. The van der Waals surface area contributed by atoms with Crippen molar-refractivity contribution in [3.8, 4) is 12.3 Å². The molecule has 5 heteroatoms. The molecule has 0 aromatic carbocycles. The number of furan rings is 1. The summed E-state index contributed by atoms with van der Waals surface area (Å²) >= 11 is 0. The molecule has 0 bridgehead atoms. The van der Waals surface area contributed by atoms with E-state index in [1.54, 1.807) is 0 Å². The third-order valence-corrected chi connectivity index (χ3v) is 1.98. The molecule has 5 nitrogen and oxygen atoms in total. The quantitative estimate of drug-likeness (QED) is 0.746. The highest BCUT2D eigenvalue weighted by atomic mass is 16.4. The third kappa shape index (κ3) is 2.64. The Balaban J connectivity index is 2.74. The van der Waals surface area contributed by atoms with Gasteiger partial charge in [0.05, 0.1) is 11.6 Å². The molecule has 0 spiro atoms. The van der Waals surface area contributed by atoms with Gasteiger partial charge < -0.3 is 14.8 Å². The lowest BCUT2D eigenvalue weighted by Gasteiger charge is -2.08. The lowest BCUT2D eigenvalue weighted by molar-refractivity contribution is 0.0696. The molecule has 1 atom stereocenters. The second kappa shape index (κ2) is 5.03. The van der Waals surface area contributed by atoms with Crippen molar-refractivity contribution in [2.45, 2.75) is 19.4 Å². The van der Waals surface area contributed by atoms with Crippen LogP contribution >= 0.6 is 0 Å². The zero-order chi connectivity index (χ0) is 12.1. The van der Waals surface area contributed by atoms with Crippen LogP contribution in [0.4, 0.5) is 0 Å². The number of rotatable bonds is 4. The minimum Gasteiger partial charge on any atom is -0.478 e. The maximum Gasteiger partial charge on any atom is 0.338 e. The molecule has 16 heavy (non-hydrogen) atoms. The van der Waals surface area contributed by atoms with Crippen molar-refractivity contribution in [3.63, 3.8) is 0 Å². The molecule has 0 saturated carbocycles. The van der Waals surface area contributed by atoms with Crippen molar-refractivity contribution in [3.05, 3.63) is 23.7 Å². The molecule has 1 unspecified atom stereocenters. The summed E-state index contributed by atoms with van der Waals surface area (Å²) in [6.07, 6.45) is 6.77. The molecule has 1 amide bonds. The Kier molecular flexibility index (Phi) is 3.72. The van der Waals surface area contributed by atoms with Crippen LogP contribution in [-0.2, 0) is 0 Å². The van der Waals surface area contributed by atoms with Gasteiger partial charge in [-0.05, 0) is 6.42 Å². The molecule has 0 aliphatic carbocycles. The van der Waals surface area contributed by atoms with Crippen molar-refractivity contribution in [2.24, 2.45) is 0 Å². The first-order valence-corrected chi connectivity index (χ1v) is 4.67. The number of terminal acetylenes is 1. The summed E-state index contributed by atoms with van der Waals surface area (Å²) < 4.78 is 4.82. The fourth-order valence-corrected chi connectivity index (χ4v) is 1.06. The minimum atomic E-state index is -1.15. The number of amides is 1. The molecule has 1 aromatic heterocycles. The van der Waals surface area contributed by atoms with Gasteiger partial charge in [0.25, 0.3) is 5.91 Å². The standard InChI is InChI=1S/C11H11NO4/c1-3-8(4-2)12-10(13)9-5-7(6-16-9)11(14)15/h1,5-6,8H,4H2,2H3,(H,12,13)(H,14,15). The number of nitrogens with one attached hydrogen (secondary N) is 1. The van der Waals surface area contributed by atoms with Gasteiger partial charge in [-0.3, -0.25) is 4.79 Å². The van der Waals surface area contributed by atoms with E-state index in [9.17, 15) is 9.59 Å². The van der Waals surface area contributed by atoms with Crippen LogP contribution in [0.2, 0.25) is 0 Å². The van der Waals surface area contributed by atoms with Gasteiger partial charge in [0, 0.05) is 6.07 Å². The zero-order valence-electron chi connectivity index (χ0n) is 8.69. The van der Waals surface area contributed by atoms with E-state index in [2.05, 4.69) is 11.2 Å². The molecule has 0 aliphatic heterocycles. The molecule has 0 fully saturated rings. The molecule has 0 saturated heterocycles. The summed E-state index contributed by atoms with van der Waals surface area (Å²) in [7, 11) is 0. The second-order valence-electron chi connectivity index (χ2n) is 3.11. The van der Waals surface area contributed by atoms with Gasteiger partial charge >= 0.3 is 5.97 Å². The fourth-order valence-electron chi connectivity index (χ4n) is 1.06. The zero-order valence-corrected chi connectivity index (χ0v) is 8.69. The molecule has 1 rings (SSSR count). The SMILES string of the molecule is C#CC(CC)NC(=O)c1cc(C(=O)O)co1. The Labute approximate surface area is 92.4 Å². The fraction of sp³-hybridized carbons (Fsp3) is 0.273. The van der Waals surface area contributed by atoms with Crippen molar-refractivity contribution in [1.82, 2.24) is 5.32 Å². The number of carbonyl (C=O) groups excluding carboxylic acids is 1. The highest BCUT2D eigenvalue weighted by Gasteiger charge is 2.16. The summed E-state index contributed by atoms with van der Waals surface area (Å²) in [5, 5.41) is 11.2. The lowest BCUT2D eigenvalue weighted by Crippen LogP contribution is -2.32. The molecule has 84 valence electrons. The number of carbonyl (C=O) groups is 2. The molecule has 2 N–H and O–H groups in total. The van der Waals surface area contributed by atoms with Crippen LogP contribution in [-0.4, -0.2) is 23.0 Å². The molecular weight excluding hydrogens is 210 g/mol. The summed E-state index contributed by atoms with van der Waals surface area (Å²) in [5.41, 5.74) is -0.0705. The first kappa shape index (κ1) is 11.9. The molecular formula is C11H11NO4. The first-order valence-electron chi connectivity index (χ1n) is 4.67. The average Bonchev–Trinajstić information content (AvgIpc) is 2.74. The van der Waals surface area contributed by atoms with Crippen molar-refractivity contribution in [1.29, 1.82) is 0 Å². The topological polar surface area (TPSA) is 79.5 Å². The summed E-state index contributed by atoms with van der Waals surface area (Å²) in [4.78, 5) is 22.1. The number of carboxylic acid groups (broad SMARTS) is 1. The van der Waals surface area contributed by atoms with E-state index < -0.39 is 11.9 Å². The molecule has 1 heterocycles. The largest absolute Gasteiger partial charge is 0.478 e. The first-order chi connectivity index (χ1) is 7.58. The Hall–Kier alpha value is -2.22. The van der Waals surface area contributed by atoms with E-state index in [0.29, 0.717) is 6.42 Å². The number of carboxylic acids is 1. The predicted octanol–water partition coefficient (Wildman–Crippen LogP) is 1.12. The van der Waals surface area contributed by atoms with Crippen LogP contribution in [0.5, 0.6) is 0 Å². The van der Waals surface area contributed by atoms with Crippen LogP contribution in [0.25, 0.3) is 0 Å². The predicted molar refractivity (Wildman–Crippen MR) is 56.0 cm³/mol. The van der Waals surface area contributed by atoms with E-state index >= 15 is 0 Å². The van der Waals surface area contributed by atoms with E-state index in [-0.39, 0.29) is 17.4 Å². The number of hydrogen-bond donors (Lipinski definition) is 2. The Morgan fingerprint density at radius 2 is 2.38 bits per heavy atom. The summed E-state index contributed by atoms with van der Waals surface area (Å²) in [5.74, 6) is 0.665.